The van der Waals surface area contributed by atoms with Crippen molar-refractivity contribution in [2.24, 2.45) is 5.92 Å². The molecular weight excluding hydrogens is 257 g/mol. The monoisotopic (exact) mass is 274 g/mol. The van der Waals surface area contributed by atoms with Crippen LogP contribution < -0.4 is 11.1 Å². The van der Waals surface area contributed by atoms with Gasteiger partial charge in [0.1, 0.15) is 0 Å². The van der Waals surface area contributed by atoms with Gasteiger partial charge in [-0.3, -0.25) is 4.79 Å². The summed E-state index contributed by atoms with van der Waals surface area (Å²) in [5, 5.41) is 2.45. The van der Waals surface area contributed by atoms with Crippen molar-refractivity contribution in [1.29, 1.82) is 0 Å². The highest BCUT2D eigenvalue weighted by molar-refractivity contribution is 5.91. The molecule has 0 saturated carbocycles. The highest BCUT2D eigenvalue weighted by Gasteiger charge is 2.33. The predicted molar refractivity (Wildman–Crippen MR) is 68.6 cm³/mol. The number of rotatable bonds is 4. The highest BCUT2D eigenvalue weighted by Crippen LogP contribution is 2.35. The van der Waals surface area contributed by atoms with Crippen molar-refractivity contribution < 1.29 is 18.0 Å². The number of halogens is 3. The number of carbonyl (C=O) groups is 1. The zero-order valence-corrected chi connectivity index (χ0v) is 10.8. The highest BCUT2D eigenvalue weighted by atomic mass is 19.4. The van der Waals surface area contributed by atoms with E-state index >= 15 is 0 Å². The van der Waals surface area contributed by atoms with E-state index in [1.54, 1.807) is 0 Å². The van der Waals surface area contributed by atoms with E-state index in [4.69, 9.17) is 5.73 Å². The lowest BCUT2D eigenvalue weighted by Gasteiger charge is -2.13. The summed E-state index contributed by atoms with van der Waals surface area (Å²) in [5.74, 6) is -0.108. The zero-order valence-electron chi connectivity index (χ0n) is 10.8. The summed E-state index contributed by atoms with van der Waals surface area (Å²) in [6.45, 7) is 3.85. The van der Waals surface area contributed by atoms with Crippen molar-refractivity contribution >= 4 is 17.3 Å². The van der Waals surface area contributed by atoms with Crippen molar-refractivity contribution in [1.82, 2.24) is 0 Å². The van der Waals surface area contributed by atoms with E-state index in [0.717, 1.165) is 18.6 Å². The van der Waals surface area contributed by atoms with Crippen LogP contribution in [0, 0.1) is 5.92 Å². The molecule has 106 valence electrons. The Balaban J connectivity index is 2.83. The first-order valence-electron chi connectivity index (χ1n) is 6.00. The molecule has 1 aromatic rings. The number of nitrogens with two attached hydrogens (primary N) is 1. The van der Waals surface area contributed by atoms with E-state index < -0.39 is 11.7 Å². The van der Waals surface area contributed by atoms with Gasteiger partial charge in [-0.05, 0) is 24.1 Å². The third-order valence-corrected chi connectivity index (χ3v) is 2.87. The number of carbonyl (C=O) groups excluding carboxylic acids is 1. The summed E-state index contributed by atoms with van der Waals surface area (Å²) in [7, 11) is 0. The molecule has 1 aromatic carbocycles. The van der Waals surface area contributed by atoms with Crippen LogP contribution >= 0.6 is 0 Å². The molecule has 0 spiro atoms. The molecule has 0 aliphatic rings. The molecule has 0 saturated heterocycles. The van der Waals surface area contributed by atoms with Crippen LogP contribution in [0.15, 0.2) is 18.2 Å². The zero-order chi connectivity index (χ0) is 14.6. The van der Waals surface area contributed by atoms with E-state index in [0.29, 0.717) is 0 Å². The number of alkyl halides is 3. The largest absolute Gasteiger partial charge is 0.418 e. The molecule has 0 aromatic heterocycles. The second-order valence-electron chi connectivity index (χ2n) is 4.57. The molecule has 0 heterocycles. The number of amides is 1. The molecule has 3 N–H and O–H groups in total. The molecule has 0 fully saturated rings. The number of anilines is 2. The molecule has 19 heavy (non-hydrogen) atoms. The number of hydrogen-bond donors (Lipinski definition) is 2. The first kappa shape index (κ1) is 15.3. The Labute approximate surface area is 110 Å². The minimum Gasteiger partial charge on any atom is -0.398 e. The predicted octanol–water partition coefficient (Wildman–Crippen LogP) is 3.66. The Bertz CT molecular complexity index is 458. The third-order valence-electron chi connectivity index (χ3n) is 2.87. The Morgan fingerprint density at radius 3 is 2.58 bits per heavy atom. The number of nitrogen functional groups attached to an aromatic ring is 1. The lowest BCUT2D eigenvalue weighted by Crippen LogP contribution is -2.16. The molecule has 0 aliphatic heterocycles. The average molecular weight is 274 g/mol. The van der Waals surface area contributed by atoms with Gasteiger partial charge < -0.3 is 11.1 Å². The van der Waals surface area contributed by atoms with E-state index in [-0.39, 0.29) is 29.6 Å². The molecule has 6 heteroatoms. The summed E-state index contributed by atoms with van der Waals surface area (Å²) < 4.78 is 37.9. The molecule has 0 aliphatic carbocycles. The fourth-order valence-electron chi connectivity index (χ4n) is 1.55. The lowest BCUT2D eigenvalue weighted by atomic mass is 10.0. The summed E-state index contributed by atoms with van der Waals surface area (Å²) in [5.41, 5.74) is 4.09. The minimum absolute atomic E-state index is 0.106. The molecular formula is C13H17F3N2O. The van der Waals surface area contributed by atoms with Gasteiger partial charge in [-0.25, -0.2) is 0 Å². The average Bonchev–Trinajstić information content (AvgIpc) is 2.29. The van der Waals surface area contributed by atoms with Gasteiger partial charge in [0.2, 0.25) is 5.91 Å². The molecule has 1 atom stereocenters. The van der Waals surface area contributed by atoms with Crippen molar-refractivity contribution in [2.75, 3.05) is 11.1 Å². The van der Waals surface area contributed by atoms with Gasteiger partial charge in [-0.15, -0.1) is 0 Å². The van der Waals surface area contributed by atoms with E-state index in [2.05, 4.69) is 5.32 Å². The number of hydrogen-bond acceptors (Lipinski definition) is 2. The summed E-state index contributed by atoms with van der Waals surface area (Å²) in [6, 6.07) is 3.35. The smallest absolute Gasteiger partial charge is 0.398 e. The molecule has 1 rings (SSSR count). The van der Waals surface area contributed by atoms with Crippen LogP contribution in [0.25, 0.3) is 0 Å². The maximum Gasteiger partial charge on any atom is 0.418 e. The third kappa shape index (κ3) is 4.46. The topological polar surface area (TPSA) is 55.1 Å². The molecule has 0 radical (unpaired) electrons. The van der Waals surface area contributed by atoms with Crippen LogP contribution in [-0.4, -0.2) is 5.91 Å². The van der Waals surface area contributed by atoms with Gasteiger partial charge in [-0.1, -0.05) is 20.3 Å². The van der Waals surface area contributed by atoms with Crippen LogP contribution in [0.5, 0.6) is 0 Å². The Kier molecular flexibility index (Phi) is 4.80. The molecule has 1 unspecified atom stereocenters. The Morgan fingerprint density at radius 2 is 2.05 bits per heavy atom. The van der Waals surface area contributed by atoms with Crippen molar-refractivity contribution in [2.45, 2.75) is 32.9 Å². The quantitative estimate of drug-likeness (QED) is 0.823. The summed E-state index contributed by atoms with van der Waals surface area (Å²) >= 11 is 0. The van der Waals surface area contributed by atoms with E-state index in [9.17, 15) is 18.0 Å². The fourth-order valence-corrected chi connectivity index (χ4v) is 1.55. The standard InChI is InChI=1S/C13H17F3N2O/c1-3-8(2)6-12(19)18-9-4-5-11(17)10(7-9)13(14,15)16/h4-5,7-8H,3,6,17H2,1-2H3,(H,18,19). The molecule has 0 bridgehead atoms. The second-order valence-corrected chi connectivity index (χ2v) is 4.57. The van der Waals surface area contributed by atoms with Gasteiger partial charge in [0.15, 0.2) is 0 Å². The first-order chi connectivity index (χ1) is 8.74. The van der Waals surface area contributed by atoms with Gasteiger partial charge in [0.25, 0.3) is 0 Å². The van der Waals surface area contributed by atoms with Crippen LogP contribution in [-0.2, 0) is 11.0 Å². The van der Waals surface area contributed by atoms with Crippen LogP contribution in [0.3, 0.4) is 0 Å². The minimum atomic E-state index is -4.53. The van der Waals surface area contributed by atoms with Crippen LogP contribution in [0.2, 0.25) is 0 Å². The van der Waals surface area contributed by atoms with E-state index in [1.807, 2.05) is 13.8 Å². The van der Waals surface area contributed by atoms with E-state index in [1.165, 1.54) is 6.07 Å². The van der Waals surface area contributed by atoms with Crippen molar-refractivity contribution in [3.8, 4) is 0 Å². The summed E-state index contributed by atoms with van der Waals surface area (Å²) in [6.07, 6.45) is -3.41. The van der Waals surface area contributed by atoms with Gasteiger partial charge in [-0.2, -0.15) is 13.2 Å². The van der Waals surface area contributed by atoms with Crippen molar-refractivity contribution in [3.05, 3.63) is 23.8 Å². The van der Waals surface area contributed by atoms with Crippen molar-refractivity contribution in [3.63, 3.8) is 0 Å². The SMILES string of the molecule is CCC(C)CC(=O)Nc1ccc(N)c(C(F)(F)F)c1. The van der Waals surface area contributed by atoms with Gasteiger partial charge in [0, 0.05) is 17.8 Å². The molecule has 1 amide bonds. The van der Waals surface area contributed by atoms with Crippen LogP contribution in [0.1, 0.15) is 32.3 Å². The second kappa shape index (κ2) is 5.95. The molecule has 3 nitrogen and oxygen atoms in total. The van der Waals surface area contributed by atoms with Gasteiger partial charge >= 0.3 is 6.18 Å². The maximum atomic E-state index is 12.6. The number of benzene rings is 1. The fraction of sp³-hybridized carbons (Fsp3) is 0.462. The summed E-state index contributed by atoms with van der Waals surface area (Å²) in [4.78, 5) is 11.6. The van der Waals surface area contributed by atoms with Gasteiger partial charge in [0.05, 0.1) is 5.56 Å². The Hall–Kier alpha value is -1.72. The first-order valence-corrected chi connectivity index (χ1v) is 6.00. The van der Waals surface area contributed by atoms with Crippen LogP contribution in [0.4, 0.5) is 24.5 Å². The number of nitrogens with one attached hydrogen (secondary N) is 1. The maximum absolute atomic E-state index is 12.6. The normalized spacial score (nSPS) is 13.1. The lowest BCUT2D eigenvalue weighted by molar-refractivity contribution is -0.136. The Morgan fingerprint density at radius 1 is 1.42 bits per heavy atom.